The highest BCUT2D eigenvalue weighted by molar-refractivity contribution is 6.31. The molecule has 0 heterocycles. The molecule has 0 radical (unpaired) electrons. The fraction of sp³-hybridized carbons (Fsp3) is 0.455. The van der Waals surface area contributed by atoms with Gasteiger partial charge in [-0.2, -0.15) is 0 Å². The van der Waals surface area contributed by atoms with Crippen molar-refractivity contribution < 1.29 is 0 Å². The Labute approximate surface area is 84.9 Å². The van der Waals surface area contributed by atoms with Crippen LogP contribution in [-0.2, 0) is 6.42 Å². The normalized spacial score (nSPS) is 13.0. The predicted molar refractivity (Wildman–Crippen MR) is 58.3 cm³/mol. The maximum atomic E-state index is 6.09. The van der Waals surface area contributed by atoms with Gasteiger partial charge in [0, 0.05) is 11.1 Å². The van der Waals surface area contributed by atoms with Gasteiger partial charge in [-0.3, -0.25) is 0 Å². The summed E-state index contributed by atoms with van der Waals surface area (Å²) in [5.74, 6) is 0. The second-order valence-electron chi connectivity index (χ2n) is 3.65. The molecule has 0 aliphatic rings. The van der Waals surface area contributed by atoms with E-state index >= 15 is 0 Å². The predicted octanol–water partition coefficient (Wildman–Crippen LogP) is 2.85. The van der Waals surface area contributed by atoms with Crippen LogP contribution in [0.4, 0.5) is 0 Å². The smallest absolute Gasteiger partial charge is 0.0441 e. The molecule has 0 aromatic heterocycles. The minimum absolute atomic E-state index is 0.165. The summed E-state index contributed by atoms with van der Waals surface area (Å²) in [6.45, 7) is 6.19. The van der Waals surface area contributed by atoms with Gasteiger partial charge in [-0.15, -0.1) is 0 Å². The number of aryl methyl sites for hydroxylation is 1. The third kappa shape index (κ3) is 2.45. The molecule has 0 bridgehead atoms. The van der Waals surface area contributed by atoms with Crippen molar-refractivity contribution in [3.05, 3.63) is 33.8 Å². The molecule has 1 nitrogen and oxygen atoms in total. The van der Waals surface area contributed by atoms with Crippen LogP contribution in [0.1, 0.15) is 23.6 Å². The van der Waals surface area contributed by atoms with E-state index in [0.29, 0.717) is 0 Å². The fourth-order valence-corrected chi connectivity index (χ4v) is 1.70. The molecule has 1 aromatic rings. The van der Waals surface area contributed by atoms with Crippen molar-refractivity contribution in [2.24, 2.45) is 5.73 Å². The Hall–Kier alpha value is -0.530. The molecule has 1 rings (SSSR count). The molecular weight excluding hydrogens is 182 g/mol. The standard InChI is InChI=1S/C11H16ClN/c1-7-4-5-11(12)10(9(7)3)6-8(2)13/h4-5,8H,6,13H2,1-3H3. The van der Waals surface area contributed by atoms with Crippen molar-refractivity contribution in [3.63, 3.8) is 0 Å². The molecule has 0 saturated carbocycles. The lowest BCUT2D eigenvalue weighted by atomic mass is 9.98. The molecule has 13 heavy (non-hydrogen) atoms. The van der Waals surface area contributed by atoms with Gasteiger partial charge in [0.2, 0.25) is 0 Å². The second kappa shape index (κ2) is 4.12. The zero-order valence-electron chi connectivity index (χ0n) is 8.39. The first-order chi connectivity index (χ1) is 6.02. The number of halogens is 1. The van der Waals surface area contributed by atoms with Gasteiger partial charge in [0.05, 0.1) is 0 Å². The second-order valence-corrected chi connectivity index (χ2v) is 4.06. The zero-order chi connectivity index (χ0) is 10.0. The molecule has 1 aromatic carbocycles. The summed E-state index contributed by atoms with van der Waals surface area (Å²) >= 11 is 6.09. The van der Waals surface area contributed by atoms with E-state index in [-0.39, 0.29) is 6.04 Å². The van der Waals surface area contributed by atoms with Crippen LogP contribution in [0.25, 0.3) is 0 Å². The number of nitrogens with two attached hydrogens (primary N) is 1. The Morgan fingerprint density at radius 1 is 1.38 bits per heavy atom. The molecule has 0 aliphatic heterocycles. The maximum absolute atomic E-state index is 6.09. The Morgan fingerprint density at radius 3 is 2.54 bits per heavy atom. The summed E-state index contributed by atoms with van der Waals surface area (Å²) in [5.41, 5.74) is 9.49. The van der Waals surface area contributed by atoms with Gasteiger partial charge >= 0.3 is 0 Å². The van der Waals surface area contributed by atoms with Crippen LogP contribution in [0.2, 0.25) is 5.02 Å². The average molecular weight is 198 g/mol. The van der Waals surface area contributed by atoms with E-state index < -0.39 is 0 Å². The number of hydrogen-bond donors (Lipinski definition) is 1. The molecule has 72 valence electrons. The quantitative estimate of drug-likeness (QED) is 0.776. The Morgan fingerprint density at radius 2 is 2.00 bits per heavy atom. The van der Waals surface area contributed by atoms with Crippen LogP contribution < -0.4 is 5.73 Å². The number of hydrogen-bond acceptors (Lipinski definition) is 1. The van der Waals surface area contributed by atoms with Gasteiger partial charge in [-0.1, -0.05) is 17.7 Å². The monoisotopic (exact) mass is 197 g/mol. The minimum atomic E-state index is 0.165. The molecule has 0 saturated heterocycles. The topological polar surface area (TPSA) is 26.0 Å². The summed E-state index contributed by atoms with van der Waals surface area (Å²) in [6, 6.07) is 4.15. The van der Waals surface area contributed by atoms with Crippen molar-refractivity contribution in [2.45, 2.75) is 33.2 Å². The third-order valence-electron chi connectivity index (χ3n) is 2.34. The first-order valence-corrected chi connectivity index (χ1v) is 4.90. The van der Waals surface area contributed by atoms with Gasteiger partial charge in [0.25, 0.3) is 0 Å². The summed E-state index contributed by atoms with van der Waals surface area (Å²) in [5, 5.41) is 0.834. The summed E-state index contributed by atoms with van der Waals surface area (Å²) in [4.78, 5) is 0. The summed E-state index contributed by atoms with van der Waals surface area (Å²) in [7, 11) is 0. The van der Waals surface area contributed by atoms with Gasteiger partial charge in [-0.25, -0.2) is 0 Å². The first kappa shape index (κ1) is 10.6. The minimum Gasteiger partial charge on any atom is -0.328 e. The largest absolute Gasteiger partial charge is 0.328 e. The number of rotatable bonds is 2. The molecule has 2 N–H and O–H groups in total. The lowest BCUT2D eigenvalue weighted by molar-refractivity contribution is 0.734. The van der Waals surface area contributed by atoms with Crippen molar-refractivity contribution in [3.8, 4) is 0 Å². The van der Waals surface area contributed by atoms with Crippen molar-refractivity contribution >= 4 is 11.6 Å². The highest BCUT2D eigenvalue weighted by Gasteiger charge is 2.07. The Kier molecular flexibility index (Phi) is 3.34. The lowest BCUT2D eigenvalue weighted by Crippen LogP contribution is -2.18. The van der Waals surface area contributed by atoms with E-state index in [1.807, 2.05) is 19.1 Å². The van der Waals surface area contributed by atoms with Crippen molar-refractivity contribution in [1.82, 2.24) is 0 Å². The SMILES string of the molecule is Cc1ccc(Cl)c(CC(C)N)c1C. The fourth-order valence-electron chi connectivity index (χ4n) is 1.41. The summed E-state index contributed by atoms with van der Waals surface area (Å²) in [6.07, 6.45) is 0.854. The number of benzene rings is 1. The molecule has 0 spiro atoms. The molecule has 0 fully saturated rings. The Balaban J connectivity index is 3.10. The van der Waals surface area contributed by atoms with Crippen LogP contribution in [0, 0.1) is 13.8 Å². The van der Waals surface area contributed by atoms with Crippen LogP contribution >= 0.6 is 11.6 Å². The van der Waals surface area contributed by atoms with E-state index in [9.17, 15) is 0 Å². The maximum Gasteiger partial charge on any atom is 0.0441 e. The van der Waals surface area contributed by atoms with E-state index in [0.717, 1.165) is 11.4 Å². The van der Waals surface area contributed by atoms with Crippen molar-refractivity contribution in [1.29, 1.82) is 0 Å². The van der Waals surface area contributed by atoms with E-state index in [1.54, 1.807) is 0 Å². The van der Waals surface area contributed by atoms with Gasteiger partial charge < -0.3 is 5.73 Å². The zero-order valence-corrected chi connectivity index (χ0v) is 9.15. The van der Waals surface area contributed by atoms with Crippen LogP contribution in [0.15, 0.2) is 12.1 Å². The highest BCUT2D eigenvalue weighted by Crippen LogP contribution is 2.23. The van der Waals surface area contributed by atoms with Crippen LogP contribution in [0.3, 0.4) is 0 Å². The third-order valence-corrected chi connectivity index (χ3v) is 2.69. The molecule has 2 heteroatoms. The van der Waals surface area contributed by atoms with Gasteiger partial charge in [0.1, 0.15) is 0 Å². The lowest BCUT2D eigenvalue weighted by Gasteiger charge is -2.12. The van der Waals surface area contributed by atoms with Crippen LogP contribution in [-0.4, -0.2) is 6.04 Å². The molecule has 1 unspecified atom stereocenters. The van der Waals surface area contributed by atoms with Gasteiger partial charge in [-0.05, 0) is 49.9 Å². The van der Waals surface area contributed by atoms with Gasteiger partial charge in [0.15, 0.2) is 0 Å². The average Bonchev–Trinajstić information content (AvgIpc) is 2.05. The molecule has 0 amide bonds. The van der Waals surface area contributed by atoms with Crippen molar-refractivity contribution in [2.75, 3.05) is 0 Å². The van der Waals surface area contributed by atoms with E-state index in [2.05, 4.69) is 13.8 Å². The summed E-state index contributed by atoms with van der Waals surface area (Å²) < 4.78 is 0. The van der Waals surface area contributed by atoms with E-state index in [1.165, 1.54) is 16.7 Å². The highest BCUT2D eigenvalue weighted by atomic mass is 35.5. The van der Waals surface area contributed by atoms with Crippen LogP contribution in [0.5, 0.6) is 0 Å². The first-order valence-electron chi connectivity index (χ1n) is 4.52. The molecular formula is C11H16ClN. The Bertz CT molecular complexity index is 305. The molecule has 0 aliphatic carbocycles. The van der Waals surface area contributed by atoms with E-state index in [4.69, 9.17) is 17.3 Å². The molecule has 1 atom stereocenters.